The van der Waals surface area contributed by atoms with Gasteiger partial charge in [-0.2, -0.15) is 0 Å². The Morgan fingerprint density at radius 3 is 2.43 bits per heavy atom. The largest absolute Gasteiger partial charge is 0.312 e. The summed E-state index contributed by atoms with van der Waals surface area (Å²) in [5.41, 5.74) is 0.126. The molecular weight excluding hydrogens is 299 g/mol. The highest BCUT2D eigenvalue weighted by Crippen LogP contribution is 2.11. The molecule has 0 aliphatic heterocycles. The van der Waals surface area contributed by atoms with Crippen molar-refractivity contribution in [3.05, 3.63) is 35.4 Å². The summed E-state index contributed by atoms with van der Waals surface area (Å²) in [4.78, 5) is 0. The minimum atomic E-state index is -0.480. The second-order valence-electron chi connectivity index (χ2n) is 2.92. The van der Waals surface area contributed by atoms with Gasteiger partial charge in [0.25, 0.3) is 0 Å². The van der Waals surface area contributed by atoms with Crippen LogP contribution in [0.25, 0.3) is 0 Å². The van der Waals surface area contributed by atoms with E-state index in [0.717, 1.165) is 17.4 Å². The molecule has 1 aromatic carbocycles. The third kappa shape index (κ3) is 3.49. The van der Waals surface area contributed by atoms with Crippen molar-refractivity contribution < 1.29 is 8.78 Å². The fourth-order valence-electron chi connectivity index (χ4n) is 1.11. The van der Waals surface area contributed by atoms with Crippen molar-refractivity contribution >= 4 is 22.6 Å². The van der Waals surface area contributed by atoms with Gasteiger partial charge in [-0.1, -0.05) is 28.7 Å². The maximum atomic E-state index is 13.1. The van der Waals surface area contributed by atoms with Gasteiger partial charge in [0.15, 0.2) is 0 Å². The van der Waals surface area contributed by atoms with Crippen LogP contribution in [0.2, 0.25) is 0 Å². The Kier molecular flexibility index (Phi) is 5.32. The lowest BCUT2D eigenvalue weighted by atomic mass is 10.2. The van der Waals surface area contributed by atoms with Crippen LogP contribution in [0, 0.1) is 11.6 Å². The van der Waals surface area contributed by atoms with E-state index in [9.17, 15) is 8.78 Å². The zero-order valence-electron chi connectivity index (χ0n) is 7.69. The molecule has 0 spiro atoms. The van der Waals surface area contributed by atoms with Gasteiger partial charge in [-0.05, 0) is 25.1 Å². The summed E-state index contributed by atoms with van der Waals surface area (Å²) in [5, 5.41) is 3.00. The molecule has 0 heterocycles. The highest BCUT2D eigenvalue weighted by molar-refractivity contribution is 14.1. The summed E-state index contributed by atoms with van der Waals surface area (Å²) in [6, 6.07) is 3.93. The number of benzene rings is 1. The fraction of sp³-hybridized carbons (Fsp3) is 0.400. The van der Waals surface area contributed by atoms with E-state index in [0.29, 0.717) is 0 Å². The molecule has 14 heavy (non-hydrogen) atoms. The Bertz CT molecular complexity index is 271. The van der Waals surface area contributed by atoms with Gasteiger partial charge in [0.05, 0.1) is 0 Å². The fourth-order valence-corrected chi connectivity index (χ4v) is 1.49. The first-order chi connectivity index (χ1) is 6.75. The third-order valence-corrected chi connectivity index (χ3v) is 2.61. The molecule has 0 unspecified atom stereocenters. The molecule has 0 aromatic heterocycles. The first-order valence-electron chi connectivity index (χ1n) is 4.45. The van der Waals surface area contributed by atoms with Gasteiger partial charge in [0.2, 0.25) is 0 Å². The molecule has 0 amide bonds. The topological polar surface area (TPSA) is 12.0 Å². The van der Waals surface area contributed by atoms with E-state index in [1.165, 1.54) is 18.2 Å². The van der Waals surface area contributed by atoms with E-state index in [1.54, 1.807) is 0 Å². The van der Waals surface area contributed by atoms with Crippen molar-refractivity contribution in [3.63, 3.8) is 0 Å². The van der Waals surface area contributed by atoms with Gasteiger partial charge in [-0.25, -0.2) is 8.78 Å². The molecule has 0 bridgehead atoms. The molecule has 4 heteroatoms. The molecule has 0 atom stereocenters. The van der Waals surface area contributed by atoms with Crippen molar-refractivity contribution in [1.29, 1.82) is 0 Å². The molecular formula is C10H12F2IN. The average molecular weight is 311 g/mol. The third-order valence-electron chi connectivity index (χ3n) is 1.85. The number of halogens is 3. The number of rotatable bonds is 5. The summed E-state index contributed by atoms with van der Waals surface area (Å²) in [6.45, 7) is 1.05. The number of nitrogens with one attached hydrogen (secondary N) is 1. The quantitative estimate of drug-likeness (QED) is 0.501. The van der Waals surface area contributed by atoms with E-state index in [1.807, 2.05) is 0 Å². The van der Waals surface area contributed by atoms with E-state index in [4.69, 9.17) is 0 Å². The minimum absolute atomic E-state index is 0.126. The second-order valence-corrected chi connectivity index (χ2v) is 4.00. The Hall–Kier alpha value is -0.230. The molecule has 1 aromatic rings. The number of alkyl halides is 1. The van der Waals surface area contributed by atoms with E-state index < -0.39 is 11.6 Å². The predicted octanol–water partition coefficient (Wildman–Crippen LogP) is 2.88. The number of hydrogen-bond donors (Lipinski definition) is 1. The van der Waals surface area contributed by atoms with Crippen LogP contribution < -0.4 is 5.32 Å². The smallest absolute Gasteiger partial charge is 0.130 e. The van der Waals surface area contributed by atoms with E-state index in [-0.39, 0.29) is 12.1 Å². The summed E-state index contributed by atoms with van der Waals surface area (Å²) >= 11 is 2.27. The highest BCUT2D eigenvalue weighted by atomic mass is 127. The lowest BCUT2D eigenvalue weighted by molar-refractivity contribution is 0.535. The molecule has 0 radical (unpaired) electrons. The standard InChI is InChI=1S/C10H12F2IN/c11-9-3-1-4-10(12)8(9)7-14-6-2-5-13/h1,3-4,14H,2,5-7H2. The Morgan fingerprint density at radius 2 is 1.86 bits per heavy atom. The van der Waals surface area contributed by atoms with Crippen LogP contribution in [-0.4, -0.2) is 11.0 Å². The molecule has 0 aliphatic carbocycles. The average Bonchev–Trinajstić information content (AvgIpc) is 2.16. The maximum absolute atomic E-state index is 13.1. The van der Waals surface area contributed by atoms with Crippen LogP contribution in [0.1, 0.15) is 12.0 Å². The minimum Gasteiger partial charge on any atom is -0.312 e. The van der Waals surface area contributed by atoms with Crippen molar-refractivity contribution in [2.24, 2.45) is 0 Å². The first-order valence-corrected chi connectivity index (χ1v) is 5.98. The Labute approximate surface area is 96.0 Å². The highest BCUT2D eigenvalue weighted by Gasteiger charge is 2.06. The van der Waals surface area contributed by atoms with Crippen LogP contribution in [0.15, 0.2) is 18.2 Å². The van der Waals surface area contributed by atoms with Crippen LogP contribution in [0.5, 0.6) is 0 Å². The van der Waals surface area contributed by atoms with Crippen LogP contribution in [0.3, 0.4) is 0 Å². The summed E-state index contributed by atoms with van der Waals surface area (Å²) in [5.74, 6) is -0.959. The number of hydrogen-bond acceptors (Lipinski definition) is 1. The molecule has 0 aliphatic rings. The maximum Gasteiger partial charge on any atom is 0.130 e. The van der Waals surface area contributed by atoms with E-state index in [2.05, 4.69) is 27.9 Å². The van der Waals surface area contributed by atoms with Gasteiger partial charge in [-0.3, -0.25) is 0 Å². The zero-order chi connectivity index (χ0) is 10.4. The monoisotopic (exact) mass is 311 g/mol. The van der Waals surface area contributed by atoms with E-state index >= 15 is 0 Å². The van der Waals surface area contributed by atoms with Crippen molar-refractivity contribution in [2.75, 3.05) is 11.0 Å². The second kappa shape index (κ2) is 6.29. The molecule has 0 fully saturated rings. The molecule has 1 rings (SSSR count). The van der Waals surface area contributed by atoms with Crippen molar-refractivity contribution in [2.45, 2.75) is 13.0 Å². The summed E-state index contributed by atoms with van der Waals surface area (Å²) < 4.78 is 27.2. The normalized spacial score (nSPS) is 10.5. The molecule has 0 saturated heterocycles. The molecule has 78 valence electrons. The van der Waals surface area contributed by atoms with Gasteiger partial charge in [0, 0.05) is 16.5 Å². The first kappa shape index (κ1) is 11.8. The van der Waals surface area contributed by atoms with Crippen LogP contribution in [-0.2, 0) is 6.54 Å². The van der Waals surface area contributed by atoms with Crippen LogP contribution >= 0.6 is 22.6 Å². The Balaban J connectivity index is 2.49. The zero-order valence-corrected chi connectivity index (χ0v) is 9.85. The van der Waals surface area contributed by atoms with Gasteiger partial charge in [-0.15, -0.1) is 0 Å². The van der Waals surface area contributed by atoms with Gasteiger partial charge in [0.1, 0.15) is 11.6 Å². The summed E-state index contributed by atoms with van der Waals surface area (Å²) in [7, 11) is 0. The van der Waals surface area contributed by atoms with Gasteiger partial charge >= 0.3 is 0 Å². The molecule has 1 nitrogen and oxygen atoms in total. The van der Waals surface area contributed by atoms with Crippen LogP contribution in [0.4, 0.5) is 8.78 Å². The SMILES string of the molecule is Fc1cccc(F)c1CNCCCI. The molecule has 1 N–H and O–H groups in total. The molecule has 0 saturated carbocycles. The van der Waals surface area contributed by atoms with Crippen molar-refractivity contribution in [1.82, 2.24) is 5.32 Å². The van der Waals surface area contributed by atoms with Gasteiger partial charge < -0.3 is 5.32 Å². The lowest BCUT2D eigenvalue weighted by Gasteiger charge is -2.05. The van der Waals surface area contributed by atoms with Crippen molar-refractivity contribution in [3.8, 4) is 0 Å². The Morgan fingerprint density at radius 1 is 1.21 bits per heavy atom. The summed E-state index contributed by atoms with van der Waals surface area (Å²) in [6.07, 6.45) is 1.01. The predicted molar refractivity (Wildman–Crippen MR) is 61.6 cm³/mol. The lowest BCUT2D eigenvalue weighted by Crippen LogP contribution is -2.17.